The van der Waals surface area contributed by atoms with Crippen molar-refractivity contribution >= 4 is 17.8 Å². The van der Waals surface area contributed by atoms with E-state index in [0.29, 0.717) is 5.69 Å². The summed E-state index contributed by atoms with van der Waals surface area (Å²) in [5.74, 6) is -3.11. The van der Waals surface area contributed by atoms with Gasteiger partial charge in [-0.2, -0.15) is 0 Å². The maximum atomic E-state index is 12.0. The highest BCUT2D eigenvalue weighted by Gasteiger charge is 2.30. The quantitative estimate of drug-likeness (QED) is 0.242. The van der Waals surface area contributed by atoms with Crippen molar-refractivity contribution in [3.05, 3.63) is 18.2 Å². The van der Waals surface area contributed by atoms with Crippen LogP contribution >= 0.6 is 0 Å². The number of nitrogens with one attached hydrogen (secondary N) is 3. The van der Waals surface area contributed by atoms with E-state index < -0.39 is 48.6 Å². The highest BCUT2D eigenvalue weighted by molar-refractivity contribution is 5.92. The van der Waals surface area contributed by atoms with Gasteiger partial charge in [0.2, 0.25) is 11.8 Å². The molecule has 24 heavy (non-hydrogen) atoms. The van der Waals surface area contributed by atoms with Gasteiger partial charge in [-0.1, -0.05) is 0 Å². The Morgan fingerprint density at radius 2 is 2.00 bits per heavy atom. The van der Waals surface area contributed by atoms with Gasteiger partial charge in [-0.15, -0.1) is 0 Å². The number of carboxylic acid groups (broad SMARTS) is 1. The Balaban J connectivity index is 2.63. The van der Waals surface area contributed by atoms with Gasteiger partial charge >= 0.3 is 5.97 Å². The molecule has 0 unspecified atom stereocenters. The first-order valence-corrected chi connectivity index (χ1v) is 7.12. The number of carboxylic acids is 1. The third-order valence-corrected chi connectivity index (χ3v) is 3.18. The molecule has 0 saturated carbocycles. The largest absolute Gasteiger partial charge is 0.480 e. The Hall–Kier alpha value is -2.50. The van der Waals surface area contributed by atoms with Gasteiger partial charge in [-0.05, 0) is 6.92 Å². The number of amides is 2. The Morgan fingerprint density at radius 1 is 1.33 bits per heavy atom. The monoisotopic (exact) mass is 343 g/mol. The van der Waals surface area contributed by atoms with Gasteiger partial charge in [0, 0.05) is 12.6 Å². The van der Waals surface area contributed by atoms with Crippen LogP contribution in [0.1, 0.15) is 12.6 Å². The van der Waals surface area contributed by atoms with E-state index in [1.54, 1.807) is 6.20 Å². The van der Waals surface area contributed by atoms with Crippen LogP contribution in [0.15, 0.2) is 12.5 Å². The van der Waals surface area contributed by atoms with Crippen molar-refractivity contribution < 1.29 is 29.7 Å². The van der Waals surface area contributed by atoms with Crippen LogP contribution in [0.25, 0.3) is 0 Å². The van der Waals surface area contributed by atoms with Gasteiger partial charge in [0.25, 0.3) is 0 Å². The number of aromatic amines is 1. The molecule has 0 aliphatic heterocycles. The summed E-state index contributed by atoms with van der Waals surface area (Å²) in [5.41, 5.74) is 6.24. The molecular weight excluding hydrogens is 322 g/mol. The van der Waals surface area contributed by atoms with Crippen molar-refractivity contribution in [3.63, 3.8) is 0 Å². The molecule has 1 heterocycles. The van der Waals surface area contributed by atoms with E-state index in [4.69, 9.17) is 10.8 Å². The lowest BCUT2D eigenvalue weighted by molar-refractivity contribution is -0.145. The molecular formula is C13H21N5O6. The van der Waals surface area contributed by atoms with E-state index in [1.807, 2.05) is 5.32 Å². The first kappa shape index (κ1) is 19.5. The van der Waals surface area contributed by atoms with E-state index in [-0.39, 0.29) is 6.42 Å². The highest BCUT2D eigenvalue weighted by Crippen LogP contribution is 1.98. The molecule has 11 nitrogen and oxygen atoms in total. The molecule has 0 aliphatic carbocycles. The lowest BCUT2D eigenvalue weighted by atomic mass is 10.1. The molecule has 1 rings (SSSR count). The topological polar surface area (TPSA) is 191 Å². The second-order valence-electron chi connectivity index (χ2n) is 5.18. The lowest BCUT2D eigenvalue weighted by Crippen LogP contribution is -2.57. The molecule has 0 spiro atoms. The number of H-pyrrole nitrogens is 1. The Labute approximate surface area is 137 Å². The van der Waals surface area contributed by atoms with Gasteiger partial charge < -0.3 is 36.7 Å². The van der Waals surface area contributed by atoms with Crippen LogP contribution in [0.5, 0.6) is 0 Å². The van der Waals surface area contributed by atoms with Gasteiger partial charge in [-0.3, -0.25) is 9.59 Å². The van der Waals surface area contributed by atoms with Crippen LogP contribution in [0, 0.1) is 0 Å². The van der Waals surface area contributed by atoms with Gasteiger partial charge in [0.15, 0.2) is 6.04 Å². The number of rotatable bonds is 9. The number of imidazole rings is 1. The Bertz CT molecular complexity index is 561. The normalized spacial score (nSPS) is 15.8. The van der Waals surface area contributed by atoms with Gasteiger partial charge in [0.05, 0.1) is 30.8 Å². The zero-order valence-electron chi connectivity index (χ0n) is 13.0. The zero-order valence-corrected chi connectivity index (χ0v) is 13.0. The molecule has 0 aliphatic rings. The average molecular weight is 343 g/mol. The fourth-order valence-corrected chi connectivity index (χ4v) is 1.84. The fraction of sp³-hybridized carbons (Fsp3) is 0.538. The smallest absolute Gasteiger partial charge is 0.328 e. The number of aromatic nitrogens is 2. The molecule has 0 aromatic carbocycles. The second-order valence-corrected chi connectivity index (χ2v) is 5.18. The third kappa shape index (κ3) is 5.61. The number of hydrogen-bond acceptors (Lipinski definition) is 7. The number of aliphatic hydroxyl groups excluding tert-OH is 2. The minimum atomic E-state index is -1.57. The third-order valence-electron chi connectivity index (χ3n) is 3.18. The van der Waals surface area contributed by atoms with Crippen LogP contribution in [0.2, 0.25) is 0 Å². The predicted molar refractivity (Wildman–Crippen MR) is 80.5 cm³/mol. The maximum absolute atomic E-state index is 12.0. The average Bonchev–Trinajstić information content (AvgIpc) is 3.01. The summed E-state index contributed by atoms with van der Waals surface area (Å²) in [6, 6.07) is -3.98. The highest BCUT2D eigenvalue weighted by atomic mass is 16.4. The van der Waals surface area contributed by atoms with E-state index >= 15 is 0 Å². The summed E-state index contributed by atoms with van der Waals surface area (Å²) in [6.45, 7) is 0.421. The summed E-state index contributed by atoms with van der Waals surface area (Å²) >= 11 is 0. The first-order chi connectivity index (χ1) is 11.3. The number of carbonyl (C=O) groups excluding carboxylic acids is 2. The van der Waals surface area contributed by atoms with E-state index in [1.165, 1.54) is 13.3 Å². The van der Waals surface area contributed by atoms with Crippen LogP contribution in [0.3, 0.4) is 0 Å². The van der Waals surface area contributed by atoms with Crippen molar-refractivity contribution in [2.45, 2.75) is 37.6 Å². The van der Waals surface area contributed by atoms with Gasteiger partial charge in [0.1, 0.15) is 6.04 Å². The van der Waals surface area contributed by atoms with Crippen molar-refractivity contribution in [2.24, 2.45) is 5.73 Å². The molecule has 1 aromatic rings. The molecule has 2 amide bonds. The molecule has 4 atom stereocenters. The first-order valence-electron chi connectivity index (χ1n) is 7.12. The maximum Gasteiger partial charge on any atom is 0.328 e. The number of nitrogens with zero attached hydrogens (tertiary/aromatic N) is 1. The molecule has 1 aromatic heterocycles. The van der Waals surface area contributed by atoms with Crippen LogP contribution in [-0.2, 0) is 20.8 Å². The minimum Gasteiger partial charge on any atom is -0.480 e. The number of carbonyl (C=O) groups is 3. The van der Waals surface area contributed by atoms with E-state index in [0.717, 1.165) is 0 Å². The molecule has 134 valence electrons. The summed E-state index contributed by atoms with van der Waals surface area (Å²) in [7, 11) is 0. The molecule has 0 saturated heterocycles. The Morgan fingerprint density at radius 3 is 2.46 bits per heavy atom. The number of hydrogen-bond donors (Lipinski definition) is 7. The van der Waals surface area contributed by atoms with Crippen LogP contribution in [0.4, 0.5) is 0 Å². The molecule has 0 fully saturated rings. The molecule has 0 bridgehead atoms. The fourth-order valence-electron chi connectivity index (χ4n) is 1.84. The number of nitrogens with two attached hydrogens (primary N) is 1. The van der Waals surface area contributed by atoms with Crippen molar-refractivity contribution in [3.8, 4) is 0 Å². The van der Waals surface area contributed by atoms with E-state index in [9.17, 15) is 24.6 Å². The molecule has 8 N–H and O–H groups in total. The summed E-state index contributed by atoms with van der Waals surface area (Å²) < 4.78 is 0. The number of aliphatic carboxylic acids is 1. The zero-order chi connectivity index (χ0) is 18.3. The number of aliphatic hydroxyl groups is 2. The van der Waals surface area contributed by atoms with Crippen molar-refractivity contribution in [2.75, 3.05) is 6.61 Å². The summed E-state index contributed by atoms with van der Waals surface area (Å²) in [4.78, 5) is 41.5. The van der Waals surface area contributed by atoms with Crippen LogP contribution in [-0.4, -0.2) is 73.9 Å². The minimum absolute atomic E-state index is 0.112. The summed E-state index contributed by atoms with van der Waals surface area (Å²) in [5, 5.41) is 31.7. The predicted octanol–water partition coefficient (Wildman–Crippen LogP) is -3.29. The second kappa shape index (κ2) is 8.96. The van der Waals surface area contributed by atoms with Crippen molar-refractivity contribution in [1.82, 2.24) is 20.6 Å². The Kier molecular flexibility index (Phi) is 7.30. The van der Waals surface area contributed by atoms with Crippen molar-refractivity contribution in [1.29, 1.82) is 0 Å². The molecule has 0 radical (unpaired) electrons. The molecule has 11 heteroatoms. The van der Waals surface area contributed by atoms with Gasteiger partial charge in [-0.25, -0.2) is 9.78 Å². The lowest BCUT2D eigenvalue weighted by Gasteiger charge is -2.22. The standard InChI is InChI=1S/C13H21N5O6/c1-6(20)10(13(23)24)18-12(22)9(4-19)17-11(21)8(14)2-7-3-15-5-16-7/h3,5-6,8-10,19-20H,2,4,14H2,1H3,(H,15,16)(H,17,21)(H,18,22)(H,23,24)/t6-,8+,9+,10+/m1/s1. The summed E-state index contributed by atoms with van der Waals surface area (Å²) in [6.07, 6.45) is 1.74. The SMILES string of the molecule is C[C@@H](O)[C@H](NC(=O)[C@H](CO)NC(=O)[C@@H](N)Cc1c[nH]cn1)C(=O)O. The van der Waals surface area contributed by atoms with E-state index in [2.05, 4.69) is 15.3 Å². The van der Waals surface area contributed by atoms with Crippen LogP contribution < -0.4 is 16.4 Å².